The van der Waals surface area contributed by atoms with Crippen molar-refractivity contribution in [1.82, 2.24) is 0 Å². The molecule has 0 spiro atoms. The van der Waals surface area contributed by atoms with E-state index < -0.39 is 0 Å². The van der Waals surface area contributed by atoms with Gasteiger partial charge in [0.15, 0.2) is 24.2 Å². The molecule has 0 amide bonds. The molecule has 6 rings (SSSR count). The molecule has 3 heterocycles. The van der Waals surface area contributed by atoms with Crippen molar-refractivity contribution in [3.05, 3.63) is 77.5 Å². The Morgan fingerprint density at radius 3 is 2.63 bits per heavy atom. The third kappa shape index (κ3) is 3.85. The van der Waals surface area contributed by atoms with Crippen LogP contribution >= 0.6 is 0 Å². The molecule has 2 aliphatic rings. The molecule has 5 nitrogen and oxygen atoms in total. The van der Waals surface area contributed by atoms with Gasteiger partial charge in [-0.25, -0.2) is 0 Å². The lowest BCUT2D eigenvalue weighted by Gasteiger charge is -2.22. The van der Waals surface area contributed by atoms with Crippen molar-refractivity contribution >= 4 is 16.5 Å². The fourth-order valence-electron chi connectivity index (χ4n) is 5.39. The van der Waals surface area contributed by atoms with E-state index in [1.807, 2.05) is 0 Å². The number of aryl methyl sites for hydroxylation is 2. The molecule has 1 aromatic heterocycles. The number of rotatable bonds is 7. The fraction of sp³-hybridized carbons (Fsp3) is 0.300. The number of hydrogen-bond donors (Lipinski definition) is 1. The zero-order valence-corrected chi connectivity index (χ0v) is 20.4. The SMILES string of the molecule is CCCCNc1c(OC)ccc2c(Cc3ccccc3)c3[n+](cc12)CCc1cc2c(cc1-3)OCO2. The van der Waals surface area contributed by atoms with Gasteiger partial charge in [-0.2, -0.15) is 4.57 Å². The molecule has 0 bridgehead atoms. The van der Waals surface area contributed by atoms with Gasteiger partial charge in [-0.1, -0.05) is 43.7 Å². The van der Waals surface area contributed by atoms with Gasteiger partial charge in [-0.3, -0.25) is 0 Å². The van der Waals surface area contributed by atoms with Crippen LogP contribution in [0, 0.1) is 0 Å². The molecule has 0 aliphatic carbocycles. The van der Waals surface area contributed by atoms with E-state index in [0.29, 0.717) is 6.79 Å². The van der Waals surface area contributed by atoms with Crippen LogP contribution in [-0.2, 0) is 19.4 Å². The summed E-state index contributed by atoms with van der Waals surface area (Å²) < 4.78 is 19.7. The quantitative estimate of drug-likeness (QED) is 0.272. The maximum atomic E-state index is 5.79. The van der Waals surface area contributed by atoms with E-state index in [9.17, 15) is 0 Å². The Balaban J connectivity index is 1.61. The average Bonchev–Trinajstić information content (AvgIpc) is 3.35. The van der Waals surface area contributed by atoms with E-state index in [1.165, 1.54) is 38.7 Å². The molecule has 0 saturated carbocycles. The van der Waals surface area contributed by atoms with Gasteiger partial charge in [0.05, 0.1) is 23.7 Å². The Kier molecular flexibility index (Phi) is 5.69. The third-order valence-electron chi connectivity index (χ3n) is 7.14. The molecule has 178 valence electrons. The number of pyridine rings is 1. The number of ether oxygens (including phenoxy) is 3. The Bertz CT molecular complexity index is 1400. The minimum absolute atomic E-state index is 0.291. The molecule has 0 saturated heterocycles. The van der Waals surface area contributed by atoms with Gasteiger partial charge < -0.3 is 19.5 Å². The summed E-state index contributed by atoms with van der Waals surface area (Å²) in [6, 6.07) is 19.4. The monoisotopic (exact) mass is 467 g/mol. The van der Waals surface area contributed by atoms with Crippen LogP contribution in [0.15, 0.2) is 60.8 Å². The largest absolute Gasteiger partial charge is 0.495 e. The van der Waals surface area contributed by atoms with E-state index in [0.717, 1.165) is 61.7 Å². The van der Waals surface area contributed by atoms with Crippen LogP contribution in [0.25, 0.3) is 22.0 Å². The zero-order valence-electron chi connectivity index (χ0n) is 20.4. The molecule has 0 unspecified atom stereocenters. The highest BCUT2D eigenvalue weighted by Crippen LogP contribution is 2.43. The lowest BCUT2D eigenvalue weighted by Crippen LogP contribution is -2.41. The van der Waals surface area contributed by atoms with E-state index in [2.05, 4.69) is 77.6 Å². The van der Waals surface area contributed by atoms with Crippen molar-refractivity contribution < 1.29 is 18.8 Å². The summed E-state index contributed by atoms with van der Waals surface area (Å²) >= 11 is 0. The highest BCUT2D eigenvalue weighted by atomic mass is 16.7. The molecule has 0 fully saturated rings. The average molecular weight is 468 g/mol. The summed E-state index contributed by atoms with van der Waals surface area (Å²) in [5, 5.41) is 6.15. The molecule has 35 heavy (non-hydrogen) atoms. The molecule has 2 aliphatic heterocycles. The van der Waals surface area contributed by atoms with Gasteiger partial charge in [-0.15, -0.1) is 0 Å². The van der Waals surface area contributed by atoms with Crippen LogP contribution in [0.1, 0.15) is 36.5 Å². The van der Waals surface area contributed by atoms with Crippen LogP contribution in [0.4, 0.5) is 5.69 Å². The van der Waals surface area contributed by atoms with Crippen molar-refractivity contribution in [2.45, 2.75) is 39.2 Å². The summed E-state index contributed by atoms with van der Waals surface area (Å²) in [5.41, 5.74) is 7.54. The van der Waals surface area contributed by atoms with Crippen LogP contribution in [0.5, 0.6) is 17.2 Å². The molecule has 0 radical (unpaired) electrons. The van der Waals surface area contributed by atoms with Gasteiger partial charge in [0, 0.05) is 30.3 Å². The number of nitrogens with one attached hydrogen (secondary N) is 1. The smallest absolute Gasteiger partial charge is 0.231 e. The number of aromatic nitrogens is 1. The molecule has 0 atom stereocenters. The summed E-state index contributed by atoms with van der Waals surface area (Å²) in [5.74, 6) is 2.58. The first-order chi connectivity index (χ1) is 17.3. The van der Waals surface area contributed by atoms with Gasteiger partial charge in [0.2, 0.25) is 12.5 Å². The first-order valence-corrected chi connectivity index (χ1v) is 12.5. The standard InChI is InChI=1S/C30H30N2O3/c1-3-4-13-31-29-25-18-32-14-12-21-16-27-28(35-19-34-27)17-23(21)30(32)24(15-20-8-6-5-7-9-20)22(25)10-11-26(29)33-2/h5-11,16-18H,3-4,12-15,19H2,1-2H3/p+1. The number of nitrogens with zero attached hydrogens (tertiary/aromatic N) is 1. The second-order valence-corrected chi connectivity index (χ2v) is 9.31. The minimum atomic E-state index is 0.291. The van der Waals surface area contributed by atoms with Crippen molar-refractivity contribution in [2.24, 2.45) is 0 Å². The maximum Gasteiger partial charge on any atom is 0.231 e. The predicted molar refractivity (Wildman–Crippen MR) is 139 cm³/mol. The topological polar surface area (TPSA) is 43.6 Å². The molecule has 3 aromatic carbocycles. The molecule has 1 N–H and O–H groups in total. The molecule has 4 aromatic rings. The number of hydrogen-bond acceptors (Lipinski definition) is 4. The summed E-state index contributed by atoms with van der Waals surface area (Å²) in [6.07, 6.45) is 6.39. The van der Waals surface area contributed by atoms with Crippen molar-refractivity contribution in [2.75, 3.05) is 25.8 Å². The lowest BCUT2D eigenvalue weighted by atomic mass is 9.88. The molecular weight excluding hydrogens is 436 g/mol. The number of anilines is 1. The van der Waals surface area contributed by atoms with E-state index >= 15 is 0 Å². The zero-order chi connectivity index (χ0) is 23.8. The van der Waals surface area contributed by atoms with Gasteiger partial charge in [-0.05, 0) is 41.8 Å². The number of unbranched alkanes of at least 4 members (excludes halogenated alkanes) is 1. The Labute approximate surface area is 206 Å². The lowest BCUT2D eigenvalue weighted by molar-refractivity contribution is -0.686. The fourth-order valence-corrected chi connectivity index (χ4v) is 5.39. The Morgan fingerprint density at radius 2 is 1.83 bits per heavy atom. The summed E-state index contributed by atoms with van der Waals surface area (Å²) in [7, 11) is 1.75. The maximum absolute atomic E-state index is 5.79. The molecule has 5 heteroatoms. The van der Waals surface area contributed by atoms with Crippen molar-refractivity contribution in [1.29, 1.82) is 0 Å². The summed E-state index contributed by atoms with van der Waals surface area (Å²) in [6.45, 7) is 4.36. The molecular formula is C30H31N2O3+. The second-order valence-electron chi connectivity index (χ2n) is 9.31. The summed E-state index contributed by atoms with van der Waals surface area (Å²) in [4.78, 5) is 0. The van der Waals surface area contributed by atoms with Gasteiger partial charge in [0.1, 0.15) is 5.75 Å². The van der Waals surface area contributed by atoms with Crippen molar-refractivity contribution in [3.63, 3.8) is 0 Å². The first kappa shape index (κ1) is 21.8. The third-order valence-corrected chi connectivity index (χ3v) is 7.14. The Morgan fingerprint density at radius 1 is 1.00 bits per heavy atom. The normalized spacial score (nSPS) is 13.4. The van der Waals surface area contributed by atoms with E-state index in [-0.39, 0.29) is 0 Å². The van der Waals surface area contributed by atoms with Crippen LogP contribution in [-0.4, -0.2) is 20.4 Å². The van der Waals surface area contributed by atoms with Crippen LogP contribution in [0.2, 0.25) is 0 Å². The second kappa shape index (κ2) is 9.14. The Hall–Kier alpha value is -3.73. The minimum Gasteiger partial charge on any atom is -0.495 e. The number of fused-ring (bicyclic) bond motifs is 5. The van der Waals surface area contributed by atoms with E-state index in [1.54, 1.807) is 7.11 Å². The van der Waals surface area contributed by atoms with E-state index in [4.69, 9.17) is 14.2 Å². The number of benzene rings is 3. The highest BCUT2D eigenvalue weighted by molar-refractivity contribution is 6.00. The van der Waals surface area contributed by atoms with Gasteiger partial charge >= 0.3 is 0 Å². The first-order valence-electron chi connectivity index (χ1n) is 12.5. The van der Waals surface area contributed by atoms with Gasteiger partial charge in [0.25, 0.3) is 0 Å². The number of methoxy groups -OCH3 is 1. The van der Waals surface area contributed by atoms with Crippen LogP contribution < -0.4 is 24.1 Å². The highest BCUT2D eigenvalue weighted by Gasteiger charge is 2.32. The predicted octanol–water partition coefficient (Wildman–Crippen LogP) is 5.89. The van der Waals surface area contributed by atoms with Crippen LogP contribution in [0.3, 0.4) is 0 Å². The van der Waals surface area contributed by atoms with Crippen molar-refractivity contribution in [3.8, 4) is 28.5 Å².